The Kier molecular flexibility index (Phi) is 3.19. The predicted molar refractivity (Wildman–Crippen MR) is 73.5 cm³/mol. The molecule has 0 radical (unpaired) electrons. The lowest BCUT2D eigenvalue weighted by molar-refractivity contribution is -0.146. The van der Waals surface area contributed by atoms with Gasteiger partial charge in [0.05, 0.1) is 10.9 Å². The average Bonchev–Trinajstić information content (AvgIpc) is 2.54. The highest BCUT2D eigenvalue weighted by Gasteiger charge is 2.27. The molecule has 0 aliphatic heterocycles. The second kappa shape index (κ2) is 4.39. The normalized spacial score (nSPS) is 12.0. The summed E-state index contributed by atoms with van der Waals surface area (Å²) in [4.78, 5) is 11.1. The summed E-state index contributed by atoms with van der Waals surface area (Å²) in [7, 11) is 1.87. The molecule has 0 aliphatic carbocycles. The molecule has 4 nitrogen and oxygen atoms in total. The van der Waals surface area contributed by atoms with E-state index >= 15 is 0 Å². The second-order valence-electron chi connectivity index (χ2n) is 5.13. The molecule has 0 unspecified atom stereocenters. The molecule has 0 bridgehead atoms. The van der Waals surface area contributed by atoms with E-state index in [-0.39, 0.29) is 0 Å². The van der Waals surface area contributed by atoms with Crippen molar-refractivity contribution >= 4 is 32.8 Å². The first kappa shape index (κ1) is 13.1. The summed E-state index contributed by atoms with van der Waals surface area (Å²) in [5, 5.41) is 14.5. The molecule has 0 saturated heterocycles. The van der Waals surface area contributed by atoms with Gasteiger partial charge in [-0.25, -0.2) is 0 Å². The summed E-state index contributed by atoms with van der Waals surface area (Å²) in [6.07, 6.45) is 0.501. The fourth-order valence-electron chi connectivity index (χ4n) is 1.95. The maximum Gasteiger partial charge on any atom is 0.309 e. The monoisotopic (exact) mass is 310 g/mol. The maximum atomic E-state index is 11.1. The van der Waals surface area contributed by atoms with Gasteiger partial charge in [0.2, 0.25) is 0 Å². The number of carboxylic acids is 1. The van der Waals surface area contributed by atoms with E-state index in [1.165, 1.54) is 0 Å². The van der Waals surface area contributed by atoms with Crippen molar-refractivity contribution < 1.29 is 9.90 Å². The largest absolute Gasteiger partial charge is 0.481 e. The Morgan fingerprint density at radius 1 is 1.50 bits per heavy atom. The van der Waals surface area contributed by atoms with E-state index in [4.69, 9.17) is 5.11 Å². The molecule has 96 valence electrons. The Bertz CT molecular complexity index is 617. The van der Waals surface area contributed by atoms with Crippen molar-refractivity contribution in [2.24, 2.45) is 12.5 Å². The number of aryl methyl sites for hydroxylation is 1. The molecule has 0 atom stereocenters. The number of fused-ring (bicyclic) bond motifs is 1. The smallest absolute Gasteiger partial charge is 0.309 e. The summed E-state index contributed by atoms with van der Waals surface area (Å²) in [6, 6.07) is 5.93. The van der Waals surface area contributed by atoms with Gasteiger partial charge in [-0.05, 0) is 53.9 Å². The molecular weight excluding hydrogens is 296 g/mol. The highest BCUT2D eigenvalue weighted by molar-refractivity contribution is 9.10. The fourth-order valence-corrected chi connectivity index (χ4v) is 2.53. The average molecular weight is 311 g/mol. The second-order valence-corrected chi connectivity index (χ2v) is 5.88. The van der Waals surface area contributed by atoms with Gasteiger partial charge in [0, 0.05) is 12.4 Å². The van der Waals surface area contributed by atoms with Gasteiger partial charge in [0.15, 0.2) is 0 Å². The third-order valence-electron chi connectivity index (χ3n) is 3.10. The van der Waals surface area contributed by atoms with Crippen LogP contribution >= 0.6 is 15.9 Å². The first-order valence-electron chi connectivity index (χ1n) is 5.66. The third kappa shape index (κ3) is 2.27. The minimum Gasteiger partial charge on any atom is -0.481 e. The van der Waals surface area contributed by atoms with Crippen LogP contribution in [0.3, 0.4) is 0 Å². The van der Waals surface area contributed by atoms with Crippen LogP contribution in [0.15, 0.2) is 22.8 Å². The van der Waals surface area contributed by atoms with E-state index in [1.807, 2.05) is 25.2 Å². The Morgan fingerprint density at radius 2 is 2.17 bits per heavy atom. The van der Waals surface area contributed by atoms with Gasteiger partial charge in [-0.2, -0.15) is 5.10 Å². The number of hydrogen-bond acceptors (Lipinski definition) is 2. The molecule has 0 aliphatic rings. The van der Waals surface area contributed by atoms with E-state index in [9.17, 15) is 4.79 Å². The highest BCUT2D eigenvalue weighted by Crippen LogP contribution is 2.27. The molecule has 18 heavy (non-hydrogen) atoms. The topological polar surface area (TPSA) is 55.1 Å². The van der Waals surface area contributed by atoms with Crippen LogP contribution < -0.4 is 0 Å². The molecule has 1 heterocycles. The molecule has 0 amide bonds. The molecule has 2 rings (SSSR count). The van der Waals surface area contributed by atoms with Crippen LogP contribution in [0.25, 0.3) is 10.9 Å². The molecule has 1 N–H and O–H groups in total. The predicted octanol–water partition coefficient (Wildman–Crippen LogP) is 2.99. The van der Waals surface area contributed by atoms with Crippen molar-refractivity contribution in [2.75, 3.05) is 0 Å². The molecule has 0 fully saturated rings. The van der Waals surface area contributed by atoms with Gasteiger partial charge in [-0.1, -0.05) is 6.07 Å². The van der Waals surface area contributed by atoms with E-state index in [0.717, 1.165) is 21.1 Å². The van der Waals surface area contributed by atoms with Crippen LogP contribution in [0, 0.1) is 5.41 Å². The number of benzene rings is 1. The van der Waals surface area contributed by atoms with E-state index < -0.39 is 11.4 Å². The summed E-state index contributed by atoms with van der Waals surface area (Å²) in [6.45, 7) is 3.47. The molecule has 0 saturated carbocycles. The summed E-state index contributed by atoms with van der Waals surface area (Å²) in [5.41, 5.74) is 1.25. The lowest BCUT2D eigenvalue weighted by Crippen LogP contribution is -2.26. The Labute approximate surface area is 114 Å². The highest BCUT2D eigenvalue weighted by atomic mass is 79.9. The Balaban J connectivity index is 2.42. The number of aliphatic carboxylic acids is 1. The minimum atomic E-state index is -0.784. The lowest BCUT2D eigenvalue weighted by Gasteiger charge is -2.18. The van der Waals surface area contributed by atoms with E-state index in [1.54, 1.807) is 18.5 Å². The number of nitrogens with zero attached hydrogens (tertiary/aromatic N) is 2. The number of hydrogen-bond donors (Lipinski definition) is 1. The molecule has 1 aromatic carbocycles. The molecule has 1 aromatic heterocycles. The van der Waals surface area contributed by atoms with Crippen LogP contribution in [-0.2, 0) is 18.3 Å². The van der Waals surface area contributed by atoms with Crippen LogP contribution in [0.1, 0.15) is 19.4 Å². The van der Waals surface area contributed by atoms with Crippen molar-refractivity contribution in [2.45, 2.75) is 20.3 Å². The third-order valence-corrected chi connectivity index (χ3v) is 3.68. The van der Waals surface area contributed by atoms with Crippen molar-refractivity contribution in [1.82, 2.24) is 9.78 Å². The molecule has 5 heteroatoms. The zero-order chi connectivity index (χ0) is 13.5. The first-order chi connectivity index (χ1) is 8.31. The number of rotatable bonds is 3. The minimum absolute atomic E-state index is 0.501. The summed E-state index contributed by atoms with van der Waals surface area (Å²) >= 11 is 3.40. The molecule has 2 aromatic rings. The number of halogens is 1. The van der Waals surface area contributed by atoms with Gasteiger partial charge < -0.3 is 5.11 Å². The van der Waals surface area contributed by atoms with Crippen molar-refractivity contribution in [3.05, 3.63) is 28.4 Å². The van der Waals surface area contributed by atoms with Gasteiger partial charge in [0.25, 0.3) is 0 Å². The molecular formula is C13H15BrN2O2. The maximum absolute atomic E-state index is 11.1. The van der Waals surface area contributed by atoms with Crippen LogP contribution in [0.2, 0.25) is 0 Å². The fraction of sp³-hybridized carbons (Fsp3) is 0.385. The zero-order valence-electron chi connectivity index (χ0n) is 10.6. The quantitative estimate of drug-likeness (QED) is 0.948. The van der Waals surface area contributed by atoms with Crippen molar-refractivity contribution in [1.29, 1.82) is 0 Å². The number of carboxylic acid groups (broad SMARTS) is 1. The SMILES string of the molecule is Cn1nc(Br)c2ccc(CC(C)(C)C(=O)O)cc21. The first-order valence-corrected chi connectivity index (χ1v) is 6.45. The lowest BCUT2D eigenvalue weighted by atomic mass is 9.86. The summed E-state index contributed by atoms with van der Waals surface area (Å²) < 4.78 is 2.60. The van der Waals surface area contributed by atoms with Crippen LogP contribution in [0.4, 0.5) is 0 Å². The van der Waals surface area contributed by atoms with Gasteiger partial charge in [-0.3, -0.25) is 9.48 Å². The van der Waals surface area contributed by atoms with Crippen molar-refractivity contribution in [3.8, 4) is 0 Å². The van der Waals surface area contributed by atoms with Gasteiger partial charge >= 0.3 is 5.97 Å². The zero-order valence-corrected chi connectivity index (χ0v) is 12.2. The molecule has 0 spiro atoms. The summed E-state index contributed by atoms with van der Waals surface area (Å²) in [5.74, 6) is -0.784. The standard InChI is InChI=1S/C13H15BrN2O2/c1-13(2,12(17)18)7-8-4-5-9-10(6-8)16(3)15-11(9)14/h4-6H,7H2,1-3H3,(H,17,18). The number of aromatic nitrogens is 2. The number of carbonyl (C=O) groups is 1. The van der Waals surface area contributed by atoms with Crippen LogP contribution in [-0.4, -0.2) is 20.9 Å². The van der Waals surface area contributed by atoms with Gasteiger partial charge in [-0.15, -0.1) is 0 Å². The van der Waals surface area contributed by atoms with Crippen molar-refractivity contribution in [3.63, 3.8) is 0 Å². The Morgan fingerprint density at radius 3 is 2.78 bits per heavy atom. The van der Waals surface area contributed by atoms with E-state index in [2.05, 4.69) is 21.0 Å². The van der Waals surface area contributed by atoms with Gasteiger partial charge in [0.1, 0.15) is 4.60 Å². The van der Waals surface area contributed by atoms with Crippen LogP contribution in [0.5, 0.6) is 0 Å². The Hall–Kier alpha value is -1.36. The van der Waals surface area contributed by atoms with E-state index in [0.29, 0.717) is 6.42 Å².